The first-order valence-corrected chi connectivity index (χ1v) is 7.50. The molecule has 0 bridgehead atoms. The van der Waals surface area contributed by atoms with Gasteiger partial charge in [0.05, 0.1) is 6.61 Å². The predicted octanol–water partition coefficient (Wildman–Crippen LogP) is 3.80. The SMILES string of the molecule is CCC(N)C(OCc1cccs1)c1cccs1. The van der Waals surface area contributed by atoms with E-state index >= 15 is 0 Å². The summed E-state index contributed by atoms with van der Waals surface area (Å²) in [5.41, 5.74) is 6.13. The number of rotatable bonds is 6. The highest BCUT2D eigenvalue weighted by molar-refractivity contribution is 7.10. The van der Waals surface area contributed by atoms with E-state index < -0.39 is 0 Å². The van der Waals surface area contributed by atoms with Crippen LogP contribution in [0.25, 0.3) is 0 Å². The fourth-order valence-corrected chi connectivity index (χ4v) is 3.12. The van der Waals surface area contributed by atoms with Gasteiger partial charge in [0.2, 0.25) is 0 Å². The lowest BCUT2D eigenvalue weighted by Gasteiger charge is -2.22. The fraction of sp³-hybridized carbons (Fsp3) is 0.385. The first-order chi connectivity index (χ1) is 8.31. The molecule has 2 heterocycles. The largest absolute Gasteiger partial charge is 0.366 e. The molecule has 0 amide bonds. The van der Waals surface area contributed by atoms with Crippen molar-refractivity contribution in [1.29, 1.82) is 0 Å². The molecule has 0 aliphatic rings. The van der Waals surface area contributed by atoms with Crippen molar-refractivity contribution in [3.8, 4) is 0 Å². The minimum atomic E-state index is 0.0158. The predicted molar refractivity (Wildman–Crippen MR) is 74.4 cm³/mol. The zero-order chi connectivity index (χ0) is 12.1. The molecule has 0 spiro atoms. The van der Waals surface area contributed by atoms with Crippen molar-refractivity contribution < 1.29 is 4.74 Å². The summed E-state index contributed by atoms with van der Waals surface area (Å²) in [7, 11) is 0. The molecule has 17 heavy (non-hydrogen) atoms. The molecule has 0 aromatic carbocycles. The van der Waals surface area contributed by atoms with Crippen LogP contribution in [0.4, 0.5) is 0 Å². The molecule has 2 nitrogen and oxygen atoms in total. The molecule has 2 rings (SSSR count). The molecule has 0 fully saturated rings. The maximum Gasteiger partial charge on any atom is 0.107 e. The maximum atomic E-state index is 6.13. The van der Waals surface area contributed by atoms with Gasteiger partial charge >= 0.3 is 0 Å². The summed E-state index contributed by atoms with van der Waals surface area (Å²) in [6.45, 7) is 2.74. The lowest BCUT2D eigenvalue weighted by Crippen LogP contribution is -2.28. The third-order valence-corrected chi connectivity index (χ3v) is 4.45. The third kappa shape index (κ3) is 3.39. The van der Waals surface area contributed by atoms with Gasteiger partial charge in [-0.05, 0) is 29.3 Å². The van der Waals surface area contributed by atoms with Gasteiger partial charge in [-0.3, -0.25) is 0 Å². The van der Waals surface area contributed by atoms with Crippen LogP contribution >= 0.6 is 22.7 Å². The lowest BCUT2D eigenvalue weighted by molar-refractivity contribution is 0.0251. The highest BCUT2D eigenvalue weighted by Crippen LogP contribution is 2.27. The Morgan fingerprint density at radius 2 is 2.00 bits per heavy atom. The monoisotopic (exact) mass is 267 g/mol. The normalized spacial score (nSPS) is 14.7. The van der Waals surface area contributed by atoms with E-state index in [1.54, 1.807) is 22.7 Å². The van der Waals surface area contributed by atoms with Crippen molar-refractivity contribution in [2.75, 3.05) is 0 Å². The standard InChI is InChI=1S/C13H17NOS2/c1-2-11(14)13(12-6-4-8-17-12)15-9-10-5-3-7-16-10/h3-8,11,13H,2,9,14H2,1H3. The van der Waals surface area contributed by atoms with Crippen LogP contribution < -0.4 is 5.73 Å². The summed E-state index contributed by atoms with van der Waals surface area (Å²) in [5.74, 6) is 0. The Kier molecular flexibility index (Phi) is 4.74. The van der Waals surface area contributed by atoms with E-state index in [1.165, 1.54) is 9.75 Å². The van der Waals surface area contributed by atoms with Gasteiger partial charge < -0.3 is 10.5 Å². The minimum Gasteiger partial charge on any atom is -0.366 e. The summed E-state index contributed by atoms with van der Waals surface area (Å²) < 4.78 is 5.98. The van der Waals surface area contributed by atoms with E-state index in [0.29, 0.717) is 6.61 Å². The van der Waals surface area contributed by atoms with E-state index in [-0.39, 0.29) is 12.1 Å². The van der Waals surface area contributed by atoms with Crippen molar-refractivity contribution in [1.82, 2.24) is 0 Å². The van der Waals surface area contributed by atoms with E-state index in [0.717, 1.165) is 6.42 Å². The molecule has 4 heteroatoms. The van der Waals surface area contributed by atoms with Gasteiger partial charge in [-0.2, -0.15) is 0 Å². The van der Waals surface area contributed by atoms with Crippen molar-refractivity contribution >= 4 is 22.7 Å². The summed E-state index contributed by atoms with van der Waals surface area (Å²) in [6, 6.07) is 8.34. The van der Waals surface area contributed by atoms with Gasteiger partial charge in [0.1, 0.15) is 6.10 Å². The quantitative estimate of drug-likeness (QED) is 0.864. The van der Waals surface area contributed by atoms with Gasteiger partial charge in [-0.1, -0.05) is 19.1 Å². The molecule has 0 saturated carbocycles. The van der Waals surface area contributed by atoms with Crippen LogP contribution in [0.5, 0.6) is 0 Å². The molecular formula is C13H17NOS2. The van der Waals surface area contributed by atoms with E-state index in [9.17, 15) is 0 Å². The Labute approximate surface area is 110 Å². The zero-order valence-corrected chi connectivity index (χ0v) is 11.5. The van der Waals surface area contributed by atoms with Crippen LogP contribution in [-0.2, 0) is 11.3 Å². The van der Waals surface area contributed by atoms with Crippen molar-refractivity contribution in [3.05, 3.63) is 44.8 Å². The van der Waals surface area contributed by atoms with Gasteiger partial charge in [-0.25, -0.2) is 0 Å². The maximum absolute atomic E-state index is 6.13. The second-order valence-corrected chi connectivity index (χ2v) is 5.91. The Hall–Kier alpha value is -0.680. The minimum absolute atomic E-state index is 0.0158. The van der Waals surface area contributed by atoms with Gasteiger partial charge in [0, 0.05) is 15.8 Å². The van der Waals surface area contributed by atoms with Crippen molar-refractivity contribution in [2.45, 2.75) is 32.1 Å². The molecular weight excluding hydrogens is 250 g/mol. The Morgan fingerprint density at radius 3 is 2.59 bits per heavy atom. The Bertz CT molecular complexity index is 411. The number of nitrogens with two attached hydrogens (primary N) is 1. The molecule has 2 unspecified atom stereocenters. The van der Waals surface area contributed by atoms with E-state index in [2.05, 4.69) is 29.8 Å². The summed E-state index contributed by atoms with van der Waals surface area (Å²) in [5, 5.41) is 4.14. The molecule has 0 aliphatic carbocycles. The molecule has 2 aromatic heterocycles. The van der Waals surface area contributed by atoms with Crippen LogP contribution in [0.1, 0.15) is 29.2 Å². The third-order valence-electron chi connectivity index (χ3n) is 2.67. The highest BCUT2D eigenvalue weighted by Gasteiger charge is 2.20. The second-order valence-electron chi connectivity index (χ2n) is 3.90. The van der Waals surface area contributed by atoms with Gasteiger partial charge in [0.15, 0.2) is 0 Å². The number of ether oxygens (including phenoxy) is 1. The van der Waals surface area contributed by atoms with Crippen LogP contribution in [0.2, 0.25) is 0 Å². The van der Waals surface area contributed by atoms with Crippen LogP contribution in [0, 0.1) is 0 Å². The molecule has 2 N–H and O–H groups in total. The second kappa shape index (κ2) is 6.31. The van der Waals surface area contributed by atoms with Crippen LogP contribution in [0.15, 0.2) is 35.0 Å². The number of hydrogen-bond acceptors (Lipinski definition) is 4. The molecule has 2 aromatic rings. The first kappa shape index (κ1) is 12.8. The number of thiophene rings is 2. The Balaban J connectivity index is 2.01. The average molecular weight is 267 g/mol. The topological polar surface area (TPSA) is 35.2 Å². The molecule has 0 aliphatic heterocycles. The Morgan fingerprint density at radius 1 is 1.24 bits per heavy atom. The van der Waals surface area contributed by atoms with E-state index in [1.807, 2.05) is 12.1 Å². The van der Waals surface area contributed by atoms with Gasteiger partial charge in [0.25, 0.3) is 0 Å². The summed E-state index contributed by atoms with van der Waals surface area (Å²) in [4.78, 5) is 2.46. The summed E-state index contributed by atoms with van der Waals surface area (Å²) >= 11 is 3.43. The highest BCUT2D eigenvalue weighted by atomic mass is 32.1. The molecule has 92 valence electrons. The number of hydrogen-bond donors (Lipinski definition) is 1. The van der Waals surface area contributed by atoms with Gasteiger partial charge in [-0.15, -0.1) is 22.7 Å². The average Bonchev–Trinajstić information content (AvgIpc) is 3.01. The van der Waals surface area contributed by atoms with Crippen LogP contribution in [-0.4, -0.2) is 6.04 Å². The molecule has 0 saturated heterocycles. The fourth-order valence-electron chi connectivity index (χ4n) is 1.65. The zero-order valence-electron chi connectivity index (χ0n) is 9.84. The first-order valence-electron chi connectivity index (χ1n) is 5.74. The summed E-state index contributed by atoms with van der Waals surface area (Å²) in [6.07, 6.45) is 0.939. The van der Waals surface area contributed by atoms with Crippen molar-refractivity contribution in [2.24, 2.45) is 5.73 Å². The molecule has 0 radical (unpaired) electrons. The van der Waals surface area contributed by atoms with Crippen molar-refractivity contribution in [3.63, 3.8) is 0 Å². The molecule has 2 atom stereocenters. The van der Waals surface area contributed by atoms with E-state index in [4.69, 9.17) is 10.5 Å². The lowest BCUT2D eigenvalue weighted by atomic mass is 10.1. The smallest absolute Gasteiger partial charge is 0.107 e. The van der Waals surface area contributed by atoms with Crippen LogP contribution in [0.3, 0.4) is 0 Å².